The van der Waals surface area contributed by atoms with Gasteiger partial charge in [0, 0.05) is 98.1 Å². The fourth-order valence-corrected chi connectivity index (χ4v) is 0.204. The van der Waals surface area contributed by atoms with Gasteiger partial charge in [0.1, 0.15) is 0 Å². The normalized spacial score (nSPS) is 5.44. The molecule has 0 amide bonds. The molecule has 0 aliphatic heterocycles. The molecule has 3 radical (unpaired) electrons. The maximum atomic E-state index is 3.60. The fourth-order valence-electron chi connectivity index (χ4n) is 0.204. The van der Waals surface area contributed by atoms with Crippen LogP contribution >= 0.6 is 0 Å². The zero-order chi connectivity index (χ0) is 4.83. The molecule has 0 saturated heterocycles. The smallest absolute Gasteiger partial charge is 0 e. The molecule has 0 bridgehead atoms. The van der Waals surface area contributed by atoms with Crippen molar-refractivity contribution in [3.05, 3.63) is 26.0 Å². The van der Waals surface area contributed by atoms with Crippen LogP contribution in [-0.2, 0) is 98.1 Å². The molecule has 0 aliphatic carbocycles. The van der Waals surface area contributed by atoms with Crippen LogP contribution in [0, 0.1) is 19.4 Å². The molecular formula is C6H9Y3-3. The minimum Gasteiger partial charge on any atom is -0.534 e. The van der Waals surface area contributed by atoms with Gasteiger partial charge in [-0.25, -0.2) is 0 Å². The molecule has 0 spiro atoms. The van der Waals surface area contributed by atoms with E-state index in [9.17, 15) is 0 Å². The summed E-state index contributed by atoms with van der Waals surface area (Å²) < 4.78 is 0. The number of hydrogen-bond donors (Lipinski definition) is 0. The number of rotatable bonds is 3. The molecule has 0 aliphatic rings. The summed E-state index contributed by atoms with van der Waals surface area (Å²) >= 11 is 0. The third kappa shape index (κ3) is 24.7. The minimum atomic E-state index is 0. The minimum absolute atomic E-state index is 0. The van der Waals surface area contributed by atoms with Crippen LogP contribution in [0.1, 0.15) is 12.8 Å². The molecule has 0 rings (SSSR count). The molecular weight excluding hydrogens is 339 g/mol. The van der Waals surface area contributed by atoms with Crippen molar-refractivity contribution in [2.24, 2.45) is 0 Å². The molecule has 45 valence electrons. The van der Waals surface area contributed by atoms with Crippen LogP contribution in [0.25, 0.3) is 0 Å². The Balaban J connectivity index is -0.0000000417. The Bertz CT molecular complexity index is 37.3. The standard InChI is InChI=1S/C6H9.3Y/c1-3-5-6-4-2;;;/h5H,1-3,6H2;;;/q-3;;;. The van der Waals surface area contributed by atoms with Crippen molar-refractivity contribution in [1.82, 2.24) is 0 Å². The first-order chi connectivity index (χ1) is 2.91. The number of allylic oxidation sites excluding steroid dienone is 1. The van der Waals surface area contributed by atoms with E-state index in [4.69, 9.17) is 0 Å². The summed E-state index contributed by atoms with van der Waals surface area (Å²) in [7, 11) is 0. The van der Waals surface area contributed by atoms with Crippen molar-refractivity contribution in [2.45, 2.75) is 12.8 Å². The molecule has 0 nitrogen and oxygen atoms in total. The maximum Gasteiger partial charge on any atom is 0 e. The summed E-state index contributed by atoms with van der Waals surface area (Å²) in [5.74, 6) is 0. The van der Waals surface area contributed by atoms with Gasteiger partial charge in [-0.05, 0) is 0 Å². The topological polar surface area (TPSA) is 0 Å². The molecule has 0 N–H and O–H groups in total. The Morgan fingerprint density at radius 3 is 1.89 bits per heavy atom. The van der Waals surface area contributed by atoms with Crippen LogP contribution in [0.2, 0.25) is 0 Å². The molecule has 0 atom stereocenters. The zero-order valence-corrected chi connectivity index (χ0v) is 14.2. The Hall–Kier alpha value is 3.05. The second kappa shape index (κ2) is 22.5. The van der Waals surface area contributed by atoms with Crippen LogP contribution < -0.4 is 0 Å². The number of hydrogen-bond acceptors (Lipinski definition) is 0. The van der Waals surface area contributed by atoms with E-state index in [-0.39, 0.29) is 98.1 Å². The third-order valence-electron chi connectivity index (χ3n) is 0.493. The molecule has 0 aromatic rings. The quantitative estimate of drug-likeness (QED) is 0.539. The Labute approximate surface area is 134 Å². The summed E-state index contributed by atoms with van der Waals surface area (Å²) in [6.07, 6.45) is 6.49. The van der Waals surface area contributed by atoms with Crippen LogP contribution in [-0.4, -0.2) is 0 Å². The molecule has 0 aromatic carbocycles. The molecule has 0 fully saturated rings. The van der Waals surface area contributed by atoms with Gasteiger partial charge in [-0.1, -0.05) is 0 Å². The van der Waals surface area contributed by atoms with Gasteiger partial charge in [0.15, 0.2) is 0 Å². The van der Waals surface area contributed by atoms with Crippen LogP contribution in [0.3, 0.4) is 0 Å². The van der Waals surface area contributed by atoms with Crippen LogP contribution in [0.4, 0.5) is 0 Å². The van der Waals surface area contributed by atoms with E-state index in [1.54, 1.807) is 0 Å². The van der Waals surface area contributed by atoms with Gasteiger partial charge in [0.25, 0.3) is 0 Å². The van der Waals surface area contributed by atoms with E-state index in [2.05, 4.69) is 19.6 Å². The van der Waals surface area contributed by atoms with Crippen LogP contribution in [0.5, 0.6) is 0 Å². The van der Waals surface area contributed by atoms with Gasteiger partial charge in [-0.3, -0.25) is 6.58 Å². The predicted octanol–water partition coefficient (Wildman–Crippen LogP) is 1.79. The first kappa shape index (κ1) is 22.7. The van der Waals surface area contributed by atoms with Crippen molar-refractivity contribution in [2.75, 3.05) is 0 Å². The number of unbranched alkanes of at least 4 members (excludes halogenated alkanes) is 2. The Morgan fingerprint density at radius 2 is 1.78 bits per heavy atom. The first-order valence-corrected chi connectivity index (χ1v) is 2.02. The average Bonchev–Trinajstić information content (AvgIpc) is 1.61. The summed E-state index contributed by atoms with van der Waals surface area (Å²) in [6, 6.07) is 0. The second-order valence-electron chi connectivity index (χ2n) is 1.03. The monoisotopic (exact) mass is 348 g/mol. The van der Waals surface area contributed by atoms with Crippen molar-refractivity contribution >= 4 is 0 Å². The predicted molar refractivity (Wildman–Crippen MR) is 27.8 cm³/mol. The van der Waals surface area contributed by atoms with Gasteiger partial charge < -0.3 is 32.3 Å². The van der Waals surface area contributed by atoms with E-state index in [0.29, 0.717) is 0 Å². The van der Waals surface area contributed by atoms with E-state index in [1.807, 2.05) is 6.42 Å². The summed E-state index contributed by atoms with van der Waals surface area (Å²) in [5.41, 5.74) is 0. The zero-order valence-electron chi connectivity index (χ0n) is 5.64. The molecule has 9 heavy (non-hydrogen) atoms. The van der Waals surface area contributed by atoms with E-state index >= 15 is 0 Å². The molecule has 0 unspecified atom stereocenters. The third-order valence-corrected chi connectivity index (χ3v) is 0.493. The molecule has 0 heterocycles. The average molecular weight is 348 g/mol. The summed E-state index contributed by atoms with van der Waals surface area (Å²) in [6.45, 7) is 7.01. The van der Waals surface area contributed by atoms with Crippen molar-refractivity contribution in [3.63, 3.8) is 0 Å². The van der Waals surface area contributed by atoms with Gasteiger partial charge in [0.2, 0.25) is 0 Å². The SMILES string of the molecule is C=[C-]C[CH-]C[CH2-].[Y].[Y].[Y]. The molecule has 0 aromatic heterocycles. The van der Waals surface area contributed by atoms with Gasteiger partial charge in [-0.2, -0.15) is 0 Å². The summed E-state index contributed by atoms with van der Waals surface area (Å²) in [5, 5.41) is 0. The van der Waals surface area contributed by atoms with Crippen molar-refractivity contribution in [3.8, 4) is 0 Å². The molecule has 3 heteroatoms. The van der Waals surface area contributed by atoms with Crippen LogP contribution in [0.15, 0.2) is 6.58 Å². The van der Waals surface area contributed by atoms with Gasteiger partial charge >= 0.3 is 0 Å². The molecule has 0 saturated carbocycles. The van der Waals surface area contributed by atoms with Crippen molar-refractivity contribution in [1.29, 1.82) is 0 Å². The Morgan fingerprint density at radius 1 is 1.33 bits per heavy atom. The first-order valence-electron chi connectivity index (χ1n) is 2.02. The van der Waals surface area contributed by atoms with Gasteiger partial charge in [-0.15, -0.1) is 0 Å². The maximum absolute atomic E-state index is 3.60. The summed E-state index contributed by atoms with van der Waals surface area (Å²) in [4.78, 5) is 0. The van der Waals surface area contributed by atoms with Crippen molar-refractivity contribution < 1.29 is 98.1 Å². The van der Waals surface area contributed by atoms with E-state index in [1.165, 1.54) is 0 Å². The second-order valence-corrected chi connectivity index (χ2v) is 1.03. The fraction of sp³-hybridized carbons (Fsp3) is 0.333. The Kier molecular flexibility index (Phi) is 56.7. The van der Waals surface area contributed by atoms with Gasteiger partial charge in [0.05, 0.1) is 0 Å². The van der Waals surface area contributed by atoms with E-state index < -0.39 is 0 Å². The van der Waals surface area contributed by atoms with E-state index in [0.717, 1.165) is 12.8 Å². The largest absolute Gasteiger partial charge is 0.534 e.